The first kappa shape index (κ1) is 24.4. The number of hydrogen-bond acceptors (Lipinski definition) is 2. The van der Waals surface area contributed by atoms with E-state index in [0.717, 1.165) is 11.8 Å². The van der Waals surface area contributed by atoms with Gasteiger partial charge in [0.1, 0.15) is 11.5 Å². The van der Waals surface area contributed by atoms with Crippen LogP contribution in [0.25, 0.3) is 0 Å². The molecule has 0 amide bonds. The summed E-state index contributed by atoms with van der Waals surface area (Å²) in [4.78, 5) is 0. The summed E-state index contributed by atoms with van der Waals surface area (Å²) in [6.07, 6.45) is 18.2. The number of rotatable bonds is 5. The van der Waals surface area contributed by atoms with Gasteiger partial charge < -0.3 is 10.2 Å². The van der Waals surface area contributed by atoms with Gasteiger partial charge in [-0.1, -0.05) is 57.1 Å². The first-order valence-electron chi connectivity index (χ1n) is 15.2. The average Bonchev–Trinajstić information content (AvgIpc) is 3.52. The lowest BCUT2D eigenvalue weighted by Crippen LogP contribution is -2.23. The van der Waals surface area contributed by atoms with Crippen LogP contribution in [0.3, 0.4) is 0 Å². The van der Waals surface area contributed by atoms with Gasteiger partial charge in [-0.3, -0.25) is 0 Å². The first-order chi connectivity index (χ1) is 17.5. The molecule has 36 heavy (non-hydrogen) atoms. The van der Waals surface area contributed by atoms with E-state index in [-0.39, 0.29) is 0 Å². The number of phenols is 2. The van der Waals surface area contributed by atoms with E-state index in [4.69, 9.17) is 0 Å². The summed E-state index contributed by atoms with van der Waals surface area (Å²) < 4.78 is 0. The minimum atomic E-state index is 0.367. The highest BCUT2D eigenvalue weighted by Crippen LogP contribution is 2.56. The van der Waals surface area contributed by atoms with E-state index in [1.165, 1.54) is 123 Å². The topological polar surface area (TPSA) is 40.5 Å². The Morgan fingerprint density at radius 3 is 1.53 bits per heavy atom. The van der Waals surface area contributed by atoms with Gasteiger partial charge in [0.25, 0.3) is 0 Å². The third-order valence-electron chi connectivity index (χ3n) is 10.8. The molecule has 2 N–H and O–H groups in total. The highest BCUT2D eigenvalue weighted by atomic mass is 16.3. The Labute approximate surface area is 218 Å². The van der Waals surface area contributed by atoms with Gasteiger partial charge in [0.15, 0.2) is 0 Å². The molecule has 2 aromatic carbocycles. The van der Waals surface area contributed by atoms with Crippen molar-refractivity contribution in [2.45, 2.75) is 121 Å². The highest BCUT2D eigenvalue weighted by Gasteiger charge is 2.45. The van der Waals surface area contributed by atoms with E-state index in [9.17, 15) is 10.2 Å². The maximum atomic E-state index is 11.1. The second-order valence-electron chi connectivity index (χ2n) is 13.0. The Kier molecular flexibility index (Phi) is 6.82. The van der Waals surface area contributed by atoms with Crippen molar-refractivity contribution < 1.29 is 10.2 Å². The highest BCUT2D eigenvalue weighted by molar-refractivity contribution is 5.52. The predicted molar refractivity (Wildman–Crippen MR) is 148 cm³/mol. The number of aryl methyl sites for hydroxylation is 2. The van der Waals surface area contributed by atoms with Crippen molar-refractivity contribution in [1.29, 1.82) is 0 Å². The molecular weight excluding hydrogens is 440 g/mol. The second kappa shape index (κ2) is 10.1. The van der Waals surface area contributed by atoms with Gasteiger partial charge in [0.05, 0.1) is 0 Å². The monoisotopic (exact) mass is 486 g/mol. The van der Waals surface area contributed by atoms with Crippen molar-refractivity contribution in [2.24, 2.45) is 17.8 Å². The smallest absolute Gasteiger partial charge is 0.119 e. The molecule has 0 radical (unpaired) electrons. The molecule has 0 spiro atoms. The number of hydrogen-bond donors (Lipinski definition) is 2. The Morgan fingerprint density at radius 1 is 0.611 bits per heavy atom. The fraction of sp³-hybridized carbons (Fsp3) is 0.647. The SMILES string of the molecule is Cc1cc(O)c(C2CCCCC2)cc1C(c1cc(C2CCCCC2)c(O)cc1C)C1CC2CCC1C2. The number of phenolic OH excluding ortho intramolecular Hbond substituents is 2. The van der Waals surface area contributed by atoms with Crippen LogP contribution < -0.4 is 0 Å². The van der Waals surface area contributed by atoms with Gasteiger partial charge in [-0.15, -0.1) is 0 Å². The Hall–Kier alpha value is -1.96. The Morgan fingerprint density at radius 2 is 1.11 bits per heavy atom. The molecule has 0 aliphatic heterocycles. The van der Waals surface area contributed by atoms with Crippen molar-refractivity contribution in [3.05, 3.63) is 57.6 Å². The summed E-state index contributed by atoms with van der Waals surface area (Å²) in [5.74, 6) is 4.78. The Balaban J connectivity index is 1.47. The van der Waals surface area contributed by atoms with Crippen LogP contribution in [-0.4, -0.2) is 10.2 Å². The van der Waals surface area contributed by atoms with Gasteiger partial charge >= 0.3 is 0 Å². The van der Waals surface area contributed by atoms with Crippen LogP contribution in [0.2, 0.25) is 0 Å². The zero-order valence-corrected chi connectivity index (χ0v) is 22.6. The fourth-order valence-electron chi connectivity index (χ4n) is 8.94. The van der Waals surface area contributed by atoms with Gasteiger partial charge in [-0.05, 0) is 134 Å². The summed E-state index contributed by atoms with van der Waals surface area (Å²) in [6, 6.07) is 9.03. The number of aromatic hydroxyl groups is 2. The zero-order valence-electron chi connectivity index (χ0n) is 22.6. The number of benzene rings is 2. The molecule has 3 unspecified atom stereocenters. The third kappa shape index (κ3) is 4.48. The fourth-order valence-corrected chi connectivity index (χ4v) is 8.94. The van der Waals surface area contributed by atoms with Crippen LogP contribution in [0, 0.1) is 31.6 Å². The van der Waals surface area contributed by atoms with Crippen molar-refractivity contribution in [3.63, 3.8) is 0 Å². The third-order valence-corrected chi connectivity index (χ3v) is 10.8. The predicted octanol–water partition coefficient (Wildman–Crippen LogP) is 9.38. The molecule has 3 atom stereocenters. The van der Waals surface area contributed by atoms with E-state index in [2.05, 4.69) is 38.1 Å². The molecule has 4 fully saturated rings. The van der Waals surface area contributed by atoms with Crippen molar-refractivity contribution >= 4 is 0 Å². The van der Waals surface area contributed by atoms with E-state index in [1.54, 1.807) is 0 Å². The molecular formula is C34H46O2. The van der Waals surface area contributed by atoms with E-state index < -0.39 is 0 Å². The largest absolute Gasteiger partial charge is 0.508 e. The second-order valence-corrected chi connectivity index (χ2v) is 13.0. The summed E-state index contributed by atoms with van der Waals surface area (Å²) in [6.45, 7) is 4.44. The quantitative estimate of drug-likeness (QED) is 0.442. The summed E-state index contributed by atoms with van der Waals surface area (Å²) in [5, 5.41) is 22.1. The normalized spacial score (nSPS) is 27.2. The number of fused-ring (bicyclic) bond motifs is 2. The zero-order chi connectivity index (χ0) is 24.8. The standard InChI is InChI=1S/C34H46O2/c1-21-15-32(35)29(24-9-5-3-6-10-24)19-27(21)34(31-18-23-13-14-26(31)17-23)28-20-30(33(36)16-22(28)2)25-11-7-4-8-12-25/h15-16,19-20,23-26,31,34-36H,3-14,17-18H2,1-2H3. The van der Waals surface area contributed by atoms with Gasteiger partial charge in [0, 0.05) is 5.92 Å². The van der Waals surface area contributed by atoms with Crippen molar-refractivity contribution in [3.8, 4) is 11.5 Å². The molecule has 2 bridgehead atoms. The van der Waals surface area contributed by atoms with Gasteiger partial charge in [-0.2, -0.15) is 0 Å². The van der Waals surface area contributed by atoms with Crippen LogP contribution in [-0.2, 0) is 0 Å². The molecule has 4 aliphatic carbocycles. The molecule has 194 valence electrons. The van der Waals surface area contributed by atoms with Gasteiger partial charge in [-0.25, -0.2) is 0 Å². The van der Waals surface area contributed by atoms with Crippen LogP contribution in [0.4, 0.5) is 0 Å². The summed E-state index contributed by atoms with van der Waals surface area (Å²) in [7, 11) is 0. The van der Waals surface area contributed by atoms with E-state index in [1.807, 2.05) is 0 Å². The molecule has 2 nitrogen and oxygen atoms in total. The summed E-state index contributed by atoms with van der Waals surface area (Å²) >= 11 is 0. The van der Waals surface area contributed by atoms with Crippen molar-refractivity contribution in [2.75, 3.05) is 0 Å². The first-order valence-corrected chi connectivity index (χ1v) is 15.2. The molecule has 6 rings (SSSR count). The van der Waals surface area contributed by atoms with Crippen molar-refractivity contribution in [1.82, 2.24) is 0 Å². The minimum absolute atomic E-state index is 0.367. The molecule has 0 heterocycles. The molecule has 2 heteroatoms. The molecule has 0 saturated heterocycles. The lowest BCUT2D eigenvalue weighted by molar-refractivity contribution is 0.301. The molecule has 2 aromatic rings. The summed E-state index contributed by atoms with van der Waals surface area (Å²) in [5.41, 5.74) is 7.79. The molecule has 4 saturated carbocycles. The van der Waals surface area contributed by atoms with E-state index in [0.29, 0.717) is 35.2 Å². The van der Waals surface area contributed by atoms with Crippen LogP contribution >= 0.6 is 0 Å². The van der Waals surface area contributed by atoms with Crippen LogP contribution in [0.5, 0.6) is 11.5 Å². The minimum Gasteiger partial charge on any atom is -0.508 e. The lowest BCUT2D eigenvalue weighted by Gasteiger charge is -2.35. The van der Waals surface area contributed by atoms with Gasteiger partial charge in [0.2, 0.25) is 0 Å². The Bertz CT molecular complexity index is 1020. The molecule has 0 aromatic heterocycles. The van der Waals surface area contributed by atoms with E-state index >= 15 is 0 Å². The van der Waals surface area contributed by atoms with Crippen LogP contribution in [0.1, 0.15) is 141 Å². The maximum absolute atomic E-state index is 11.1. The lowest BCUT2D eigenvalue weighted by atomic mass is 9.69. The van der Waals surface area contributed by atoms with Crippen LogP contribution in [0.15, 0.2) is 24.3 Å². The molecule has 4 aliphatic rings. The average molecular weight is 487 g/mol. The maximum Gasteiger partial charge on any atom is 0.119 e.